The molecule has 2 nitrogen and oxygen atoms in total. The molecule has 30 heavy (non-hydrogen) atoms. The van der Waals surface area contributed by atoms with E-state index in [-0.39, 0.29) is 0 Å². The monoisotopic (exact) mass is 422 g/mol. The molecule has 1 atom stereocenters. The molecule has 0 aromatic rings. The molecule has 0 aromatic carbocycles. The summed E-state index contributed by atoms with van der Waals surface area (Å²) in [7, 11) is 1.90. The van der Waals surface area contributed by atoms with Crippen molar-refractivity contribution in [2.45, 2.75) is 79.8 Å². The first-order valence-electron chi connectivity index (χ1n) is 11.7. The van der Waals surface area contributed by atoms with Gasteiger partial charge in [0, 0.05) is 19.6 Å². The van der Waals surface area contributed by atoms with Crippen LogP contribution in [0.15, 0.2) is 60.8 Å². The zero-order valence-electron chi connectivity index (χ0n) is 21.4. The van der Waals surface area contributed by atoms with Crippen molar-refractivity contribution in [3.8, 4) is 0 Å². The van der Waals surface area contributed by atoms with Crippen LogP contribution in [0.1, 0.15) is 74.1 Å². The summed E-state index contributed by atoms with van der Waals surface area (Å²) < 4.78 is 15.0. The Morgan fingerprint density at radius 2 is 1.60 bits per heavy atom. The third kappa shape index (κ3) is 21.3. The second kappa shape index (κ2) is 23.8. The van der Waals surface area contributed by atoms with Gasteiger partial charge in [0.1, 0.15) is 5.67 Å². The lowest BCUT2D eigenvalue weighted by molar-refractivity contribution is 0.109. The summed E-state index contributed by atoms with van der Waals surface area (Å²) in [6.45, 7) is 24.4. The van der Waals surface area contributed by atoms with Crippen molar-refractivity contribution in [1.82, 2.24) is 10.2 Å². The minimum absolute atomic E-state index is 0.395. The molecule has 0 aromatic heterocycles. The van der Waals surface area contributed by atoms with Crippen molar-refractivity contribution < 1.29 is 4.39 Å². The van der Waals surface area contributed by atoms with Crippen molar-refractivity contribution in [2.75, 3.05) is 33.2 Å². The zero-order chi connectivity index (χ0) is 23.8. The lowest BCUT2D eigenvalue weighted by atomic mass is 10.00. The van der Waals surface area contributed by atoms with Crippen LogP contribution in [0.2, 0.25) is 0 Å². The SMILES string of the molecule is C=C/C(=C\C=C/C)CN(C/C(C=C)=C/CC)CC(C)(F)CCCNC.CC.CCC. The first kappa shape index (κ1) is 33.2. The molecular weight excluding hydrogens is 371 g/mol. The maximum Gasteiger partial charge on any atom is 0.121 e. The number of hydrogen-bond donors (Lipinski definition) is 1. The average Bonchev–Trinajstić information content (AvgIpc) is 2.72. The van der Waals surface area contributed by atoms with Crippen molar-refractivity contribution in [2.24, 2.45) is 0 Å². The molecule has 1 N–H and O–H groups in total. The molecule has 0 amide bonds. The highest BCUT2D eigenvalue weighted by molar-refractivity contribution is 5.25. The number of nitrogens with zero attached hydrogens (tertiary/aromatic N) is 1. The molecule has 0 saturated heterocycles. The summed E-state index contributed by atoms with van der Waals surface area (Å²) in [5, 5.41) is 3.08. The van der Waals surface area contributed by atoms with Gasteiger partial charge in [-0.3, -0.25) is 4.90 Å². The second-order valence-electron chi connectivity index (χ2n) is 7.34. The van der Waals surface area contributed by atoms with Crippen molar-refractivity contribution in [1.29, 1.82) is 0 Å². The molecule has 0 radical (unpaired) electrons. The zero-order valence-corrected chi connectivity index (χ0v) is 21.4. The van der Waals surface area contributed by atoms with Crippen LogP contribution in [0, 0.1) is 0 Å². The highest BCUT2D eigenvalue weighted by Gasteiger charge is 2.26. The minimum atomic E-state index is -1.22. The summed E-state index contributed by atoms with van der Waals surface area (Å²) in [5.41, 5.74) is 1.01. The number of halogens is 1. The van der Waals surface area contributed by atoms with Gasteiger partial charge in [-0.05, 0) is 57.8 Å². The van der Waals surface area contributed by atoms with E-state index in [0.29, 0.717) is 26.1 Å². The molecule has 1 unspecified atom stereocenters. The highest BCUT2D eigenvalue weighted by Crippen LogP contribution is 2.21. The lowest BCUT2D eigenvalue weighted by Gasteiger charge is -2.30. The Kier molecular flexibility index (Phi) is 26.4. The van der Waals surface area contributed by atoms with Gasteiger partial charge in [0.2, 0.25) is 0 Å². The Bertz CT molecular complexity index is 487. The normalized spacial score (nSPS) is 13.8. The third-order valence-corrected chi connectivity index (χ3v) is 3.98. The van der Waals surface area contributed by atoms with E-state index in [2.05, 4.69) is 50.2 Å². The van der Waals surface area contributed by atoms with Gasteiger partial charge in [0.25, 0.3) is 0 Å². The number of hydrogen-bond acceptors (Lipinski definition) is 2. The van der Waals surface area contributed by atoms with Gasteiger partial charge >= 0.3 is 0 Å². The lowest BCUT2D eigenvalue weighted by Crippen LogP contribution is -2.40. The molecular formula is C27H51FN2. The Morgan fingerprint density at radius 3 is 2.03 bits per heavy atom. The van der Waals surface area contributed by atoms with Gasteiger partial charge in [-0.15, -0.1) is 0 Å². The molecule has 0 rings (SSSR count). The minimum Gasteiger partial charge on any atom is -0.320 e. The van der Waals surface area contributed by atoms with Crippen molar-refractivity contribution >= 4 is 0 Å². The van der Waals surface area contributed by atoms with Gasteiger partial charge in [0.05, 0.1) is 0 Å². The molecule has 0 saturated carbocycles. The van der Waals surface area contributed by atoms with E-state index in [1.54, 1.807) is 6.92 Å². The summed E-state index contributed by atoms with van der Waals surface area (Å²) in [5.74, 6) is 0. The predicted octanol–water partition coefficient (Wildman–Crippen LogP) is 7.67. The summed E-state index contributed by atoms with van der Waals surface area (Å²) in [4.78, 5) is 2.15. The maximum absolute atomic E-state index is 15.0. The second-order valence-corrected chi connectivity index (χ2v) is 7.34. The quantitative estimate of drug-likeness (QED) is 0.228. The summed E-state index contributed by atoms with van der Waals surface area (Å²) in [6, 6.07) is 0. The molecule has 0 bridgehead atoms. The Morgan fingerprint density at radius 1 is 1.07 bits per heavy atom. The fraction of sp³-hybridized carbons (Fsp3) is 0.630. The van der Waals surface area contributed by atoms with Gasteiger partial charge in [0.15, 0.2) is 0 Å². The van der Waals surface area contributed by atoms with Crippen LogP contribution in [-0.4, -0.2) is 43.8 Å². The average molecular weight is 423 g/mol. The van der Waals surface area contributed by atoms with E-state index in [1.165, 1.54) is 6.42 Å². The molecule has 0 aliphatic heterocycles. The standard InChI is InChI=1S/C22H37FN2.C3H8.C2H6/c1-7-11-14-21(10-4)18-25(17-20(9-3)13-8-2)19-22(5,23)15-12-16-24-6;1-3-2;1-2/h7,9-11,13-14,24H,3-4,8,12,15-19H2,1-2,5-6H3;3H2,1-2H3;1-2H3/b11-7-,20-13+,21-14+;;. The van der Waals surface area contributed by atoms with E-state index >= 15 is 4.39 Å². The highest BCUT2D eigenvalue weighted by atomic mass is 19.1. The summed E-state index contributed by atoms with van der Waals surface area (Å²) >= 11 is 0. The first-order chi connectivity index (χ1) is 14.3. The van der Waals surface area contributed by atoms with E-state index < -0.39 is 5.67 Å². The third-order valence-electron chi connectivity index (χ3n) is 3.98. The van der Waals surface area contributed by atoms with E-state index in [4.69, 9.17) is 0 Å². The van der Waals surface area contributed by atoms with E-state index in [0.717, 1.165) is 30.5 Å². The van der Waals surface area contributed by atoms with Gasteiger partial charge in [-0.2, -0.15) is 0 Å². The molecule has 176 valence electrons. The number of alkyl halides is 1. The fourth-order valence-corrected chi connectivity index (χ4v) is 2.74. The van der Waals surface area contributed by atoms with Gasteiger partial charge in [-0.25, -0.2) is 4.39 Å². The molecule has 0 aliphatic carbocycles. The van der Waals surface area contributed by atoms with Crippen LogP contribution in [0.25, 0.3) is 0 Å². The van der Waals surface area contributed by atoms with Crippen molar-refractivity contribution in [3.63, 3.8) is 0 Å². The topological polar surface area (TPSA) is 15.3 Å². The Hall–Kier alpha value is -1.45. The molecule has 3 heteroatoms. The molecule has 0 heterocycles. The van der Waals surface area contributed by atoms with Gasteiger partial charge < -0.3 is 5.32 Å². The largest absolute Gasteiger partial charge is 0.320 e. The molecule has 0 aliphatic rings. The summed E-state index contributed by atoms with van der Waals surface area (Å²) in [6.07, 6.45) is 15.5. The van der Waals surface area contributed by atoms with Crippen LogP contribution < -0.4 is 5.32 Å². The van der Waals surface area contributed by atoms with Crippen LogP contribution in [-0.2, 0) is 0 Å². The smallest absolute Gasteiger partial charge is 0.121 e. The predicted molar refractivity (Wildman–Crippen MR) is 138 cm³/mol. The first-order valence-corrected chi connectivity index (χ1v) is 11.7. The Balaban J connectivity index is -0.00000133. The van der Waals surface area contributed by atoms with Gasteiger partial charge in [-0.1, -0.05) is 90.7 Å². The van der Waals surface area contributed by atoms with Crippen LogP contribution >= 0.6 is 0 Å². The van der Waals surface area contributed by atoms with E-state index in [1.807, 2.05) is 58.2 Å². The maximum atomic E-state index is 15.0. The Labute approximate surface area is 188 Å². The number of nitrogens with one attached hydrogen (secondary N) is 1. The van der Waals surface area contributed by atoms with Crippen molar-refractivity contribution in [3.05, 3.63) is 60.8 Å². The fourth-order valence-electron chi connectivity index (χ4n) is 2.74. The van der Waals surface area contributed by atoms with Crippen LogP contribution in [0.4, 0.5) is 4.39 Å². The van der Waals surface area contributed by atoms with E-state index in [9.17, 15) is 0 Å². The molecule has 0 spiro atoms. The number of rotatable bonds is 14. The molecule has 0 fully saturated rings. The van der Waals surface area contributed by atoms with Crippen LogP contribution in [0.3, 0.4) is 0 Å². The van der Waals surface area contributed by atoms with Crippen LogP contribution in [0.5, 0.6) is 0 Å². The number of allylic oxidation sites excluding steroid dienone is 4.